The van der Waals surface area contributed by atoms with E-state index in [2.05, 4.69) is 0 Å². The maximum atomic E-state index is 11.9. The van der Waals surface area contributed by atoms with Gasteiger partial charge in [-0.05, 0) is 0 Å². The minimum absolute atomic E-state index is 0.0105. The number of morpholine rings is 1. The summed E-state index contributed by atoms with van der Waals surface area (Å²) in [6.45, 7) is 2.60. The number of ether oxygens (including phenoxy) is 1. The highest BCUT2D eigenvalue weighted by Gasteiger charge is 2.16. The van der Waals surface area contributed by atoms with E-state index < -0.39 is 0 Å². The molecular weight excluding hydrogens is 222 g/mol. The molecular formula is C11H15N3O3. The summed E-state index contributed by atoms with van der Waals surface area (Å²) in [5.41, 5.74) is 5.43. The van der Waals surface area contributed by atoms with Gasteiger partial charge in [-0.2, -0.15) is 0 Å². The fraction of sp³-hybridized carbons (Fsp3) is 0.455. The lowest BCUT2D eigenvalue weighted by Gasteiger charge is -2.27. The van der Waals surface area contributed by atoms with Crippen LogP contribution < -0.4 is 11.2 Å². The van der Waals surface area contributed by atoms with Crippen molar-refractivity contribution in [3.8, 4) is 0 Å². The van der Waals surface area contributed by atoms with E-state index in [0.717, 1.165) is 0 Å². The minimum atomic E-state index is -0.222. The molecule has 1 aliphatic heterocycles. The predicted molar refractivity (Wildman–Crippen MR) is 62.5 cm³/mol. The minimum Gasteiger partial charge on any atom is -0.394 e. The summed E-state index contributed by atoms with van der Waals surface area (Å²) in [4.78, 5) is 24.8. The SMILES string of the molecule is Nc1cn(CC(=O)N2CCOCC2)ccc1=O. The fourth-order valence-electron chi connectivity index (χ4n) is 1.71. The van der Waals surface area contributed by atoms with Crippen LogP contribution in [0.5, 0.6) is 0 Å². The molecule has 1 aromatic heterocycles. The molecule has 1 aliphatic rings. The molecule has 1 saturated heterocycles. The summed E-state index contributed by atoms with van der Waals surface area (Å²) in [5.74, 6) is 0.0105. The molecule has 0 aromatic carbocycles. The molecule has 0 atom stereocenters. The van der Waals surface area contributed by atoms with E-state index in [4.69, 9.17) is 10.5 Å². The first-order valence-corrected chi connectivity index (χ1v) is 5.48. The highest BCUT2D eigenvalue weighted by Crippen LogP contribution is 2.00. The predicted octanol–water partition coefficient (Wildman–Crippen LogP) is -0.711. The molecule has 0 saturated carbocycles. The second kappa shape index (κ2) is 5.01. The molecule has 2 N–H and O–H groups in total. The summed E-state index contributed by atoms with van der Waals surface area (Å²) in [6, 6.07) is 1.36. The Balaban J connectivity index is 2.02. The van der Waals surface area contributed by atoms with Crippen molar-refractivity contribution in [1.29, 1.82) is 0 Å². The van der Waals surface area contributed by atoms with Gasteiger partial charge >= 0.3 is 0 Å². The van der Waals surface area contributed by atoms with Crippen LogP contribution in [0.2, 0.25) is 0 Å². The molecule has 0 aliphatic carbocycles. The molecule has 2 heterocycles. The standard InChI is InChI=1S/C11H15N3O3/c12-9-7-13(2-1-10(9)15)8-11(16)14-3-5-17-6-4-14/h1-2,7H,3-6,8,12H2. The Kier molecular flexibility index (Phi) is 3.43. The Morgan fingerprint density at radius 1 is 1.41 bits per heavy atom. The summed E-state index contributed by atoms with van der Waals surface area (Å²) in [5, 5.41) is 0. The van der Waals surface area contributed by atoms with Gasteiger partial charge in [0.25, 0.3) is 0 Å². The molecule has 0 spiro atoms. The van der Waals surface area contributed by atoms with Crippen molar-refractivity contribution in [2.45, 2.75) is 6.54 Å². The molecule has 0 radical (unpaired) electrons. The molecule has 17 heavy (non-hydrogen) atoms. The lowest BCUT2D eigenvalue weighted by molar-refractivity contribution is -0.135. The number of amides is 1. The number of nitrogens with two attached hydrogens (primary N) is 1. The van der Waals surface area contributed by atoms with Gasteiger partial charge in [0.2, 0.25) is 11.3 Å². The average Bonchev–Trinajstić information content (AvgIpc) is 2.35. The second-order valence-electron chi connectivity index (χ2n) is 3.93. The third kappa shape index (κ3) is 2.85. The van der Waals surface area contributed by atoms with Crippen molar-refractivity contribution in [3.63, 3.8) is 0 Å². The smallest absolute Gasteiger partial charge is 0.242 e. The van der Waals surface area contributed by atoms with E-state index in [1.165, 1.54) is 12.3 Å². The number of hydrogen-bond donors (Lipinski definition) is 1. The van der Waals surface area contributed by atoms with E-state index in [1.807, 2.05) is 0 Å². The van der Waals surface area contributed by atoms with E-state index in [9.17, 15) is 9.59 Å². The van der Waals surface area contributed by atoms with Gasteiger partial charge in [0, 0.05) is 31.5 Å². The van der Waals surface area contributed by atoms with E-state index in [0.29, 0.717) is 26.3 Å². The number of anilines is 1. The lowest BCUT2D eigenvalue weighted by atomic mass is 10.3. The van der Waals surface area contributed by atoms with Gasteiger partial charge < -0.3 is 19.9 Å². The van der Waals surface area contributed by atoms with Crippen molar-refractivity contribution < 1.29 is 9.53 Å². The number of aromatic nitrogens is 1. The fourth-order valence-corrected chi connectivity index (χ4v) is 1.71. The quantitative estimate of drug-likeness (QED) is 0.737. The molecule has 1 fully saturated rings. The maximum absolute atomic E-state index is 11.9. The van der Waals surface area contributed by atoms with Gasteiger partial charge in [0.05, 0.1) is 18.9 Å². The maximum Gasteiger partial charge on any atom is 0.242 e. The monoisotopic (exact) mass is 237 g/mol. The van der Waals surface area contributed by atoms with E-state index in [-0.39, 0.29) is 23.6 Å². The van der Waals surface area contributed by atoms with E-state index in [1.54, 1.807) is 15.7 Å². The van der Waals surface area contributed by atoms with Crippen LogP contribution >= 0.6 is 0 Å². The second-order valence-corrected chi connectivity index (χ2v) is 3.93. The van der Waals surface area contributed by atoms with Gasteiger partial charge in [-0.15, -0.1) is 0 Å². The summed E-state index contributed by atoms with van der Waals surface area (Å²) in [6.07, 6.45) is 3.05. The Labute approximate surface area is 98.6 Å². The molecule has 1 amide bonds. The van der Waals surface area contributed by atoms with Gasteiger partial charge in [-0.3, -0.25) is 9.59 Å². The number of nitrogen functional groups attached to an aromatic ring is 1. The number of rotatable bonds is 2. The van der Waals surface area contributed by atoms with Crippen molar-refractivity contribution in [2.75, 3.05) is 32.0 Å². The number of hydrogen-bond acceptors (Lipinski definition) is 4. The van der Waals surface area contributed by atoms with Crippen LogP contribution in [0.25, 0.3) is 0 Å². The van der Waals surface area contributed by atoms with Gasteiger partial charge in [0.1, 0.15) is 6.54 Å². The normalized spacial score (nSPS) is 15.9. The third-order valence-corrected chi connectivity index (χ3v) is 2.69. The van der Waals surface area contributed by atoms with Crippen LogP contribution in [0, 0.1) is 0 Å². The topological polar surface area (TPSA) is 77.6 Å². The molecule has 1 aromatic rings. The zero-order valence-corrected chi connectivity index (χ0v) is 9.46. The molecule has 92 valence electrons. The van der Waals surface area contributed by atoms with Crippen LogP contribution in [-0.4, -0.2) is 41.7 Å². The van der Waals surface area contributed by atoms with Crippen LogP contribution in [0.3, 0.4) is 0 Å². The lowest BCUT2D eigenvalue weighted by Crippen LogP contribution is -2.42. The average molecular weight is 237 g/mol. The Bertz CT molecular complexity index is 463. The van der Waals surface area contributed by atoms with E-state index >= 15 is 0 Å². The summed E-state index contributed by atoms with van der Waals surface area (Å²) in [7, 11) is 0. The first-order valence-electron chi connectivity index (χ1n) is 5.48. The number of nitrogens with zero attached hydrogens (tertiary/aromatic N) is 2. The molecule has 6 nitrogen and oxygen atoms in total. The first-order chi connectivity index (χ1) is 8.16. The summed E-state index contributed by atoms with van der Waals surface area (Å²) >= 11 is 0. The van der Waals surface area contributed by atoms with Crippen LogP contribution in [-0.2, 0) is 16.1 Å². The van der Waals surface area contributed by atoms with Crippen molar-refractivity contribution >= 4 is 11.6 Å². The first kappa shape index (κ1) is 11.7. The number of pyridine rings is 1. The van der Waals surface area contributed by atoms with Crippen LogP contribution in [0.15, 0.2) is 23.3 Å². The zero-order chi connectivity index (χ0) is 12.3. The Morgan fingerprint density at radius 2 is 2.12 bits per heavy atom. The van der Waals surface area contributed by atoms with Crippen LogP contribution in [0.1, 0.15) is 0 Å². The van der Waals surface area contributed by atoms with Crippen LogP contribution in [0.4, 0.5) is 5.69 Å². The van der Waals surface area contributed by atoms with Gasteiger partial charge in [0.15, 0.2) is 0 Å². The molecule has 2 rings (SSSR count). The number of carbonyl (C=O) groups excluding carboxylic acids is 1. The molecule has 0 bridgehead atoms. The zero-order valence-electron chi connectivity index (χ0n) is 9.46. The van der Waals surface area contributed by atoms with Gasteiger partial charge in [-0.1, -0.05) is 0 Å². The summed E-state index contributed by atoms with van der Waals surface area (Å²) < 4.78 is 6.79. The Hall–Kier alpha value is -1.82. The van der Waals surface area contributed by atoms with Crippen molar-refractivity contribution in [1.82, 2.24) is 9.47 Å². The third-order valence-electron chi connectivity index (χ3n) is 2.69. The number of carbonyl (C=O) groups is 1. The van der Waals surface area contributed by atoms with Gasteiger partial charge in [-0.25, -0.2) is 0 Å². The molecule has 0 unspecified atom stereocenters. The van der Waals surface area contributed by atoms with Crippen molar-refractivity contribution in [2.24, 2.45) is 0 Å². The highest BCUT2D eigenvalue weighted by atomic mass is 16.5. The largest absolute Gasteiger partial charge is 0.394 e. The van der Waals surface area contributed by atoms with Crippen molar-refractivity contribution in [3.05, 3.63) is 28.7 Å². The molecule has 6 heteroatoms. The Morgan fingerprint density at radius 3 is 2.76 bits per heavy atom. The highest BCUT2D eigenvalue weighted by molar-refractivity contribution is 5.76.